The number of aromatic amines is 1. The number of unbranched alkanes of at least 4 members (excludes halogenated alkanes) is 1. The fourth-order valence-electron chi connectivity index (χ4n) is 2.88. The smallest absolute Gasteiger partial charge is 0.384 e. The minimum Gasteiger partial charge on any atom is -0.384 e. The maximum Gasteiger partial charge on any atom is 0.474 e. The van der Waals surface area contributed by atoms with Crippen LogP contribution < -0.4 is 15.4 Å². The van der Waals surface area contributed by atoms with Crippen molar-refractivity contribution in [1.29, 1.82) is 0 Å². The molecular weight excluding hydrogens is 460 g/mol. The lowest BCUT2D eigenvalue weighted by Gasteiger charge is -2.11. The maximum atomic E-state index is 11.6. The van der Waals surface area contributed by atoms with E-state index in [4.69, 9.17) is 4.74 Å². The average Bonchev–Trinajstić information content (AvgIpc) is 3.18. The van der Waals surface area contributed by atoms with Crippen molar-refractivity contribution in [1.82, 2.24) is 20.6 Å². The van der Waals surface area contributed by atoms with Gasteiger partial charge >= 0.3 is 17.3 Å². The molecule has 17 heteroatoms. The number of aryl methyl sites for hydroxylation is 2. The van der Waals surface area contributed by atoms with Crippen LogP contribution >= 0.6 is 0 Å². The number of nitro benzene ring substituents is 3. The topological polar surface area (TPSA) is 235 Å². The van der Waals surface area contributed by atoms with Crippen molar-refractivity contribution in [3.8, 4) is 5.75 Å². The number of hydrogen-bond donors (Lipinski definition) is 3. The molecule has 2 rings (SSSR count). The van der Waals surface area contributed by atoms with Gasteiger partial charge in [0.1, 0.15) is 4.92 Å². The van der Waals surface area contributed by atoms with E-state index in [2.05, 4.69) is 20.6 Å². The van der Waals surface area contributed by atoms with E-state index in [0.29, 0.717) is 31.4 Å². The molecule has 0 fully saturated rings. The van der Waals surface area contributed by atoms with Gasteiger partial charge in [-0.05, 0) is 26.2 Å². The van der Waals surface area contributed by atoms with E-state index in [9.17, 15) is 40.5 Å². The summed E-state index contributed by atoms with van der Waals surface area (Å²) < 4.78 is 5.02. The number of nitro groups is 4. The summed E-state index contributed by atoms with van der Waals surface area (Å²) in [7, 11) is 1.31. The number of non-ortho nitro benzene ring substituents is 1. The molecule has 1 aromatic heterocycles. The molecule has 0 aliphatic carbocycles. The monoisotopic (exact) mass is 480 g/mol. The minimum absolute atomic E-state index is 0.227. The normalized spacial score (nSPS) is 11.4. The molecule has 0 amide bonds. The summed E-state index contributed by atoms with van der Waals surface area (Å²) in [5.74, 6) is -2.51. The molecule has 0 saturated heterocycles. The molecule has 182 valence electrons. The Balaban J connectivity index is 2.31. The van der Waals surface area contributed by atoms with Gasteiger partial charge < -0.3 is 20.4 Å². The van der Waals surface area contributed by atoms with Crippen molar-refractivity contribution in [2.24, 2.45) is 0 Å². The van der Waals surface area contributed by atoms with E-state index < -0.39 is 48.4 Å². The first-order chi connectivity index (χ1) is 16.1. The van der Waals surface area contributed by atoms with Crippen molar-refractivity contribution in [2.45, 2.75) is 26.2 Å². The van der Waals surface area contributed by atoms with Crippen LogP contribution in [0.2, 0.25) is 0 Å². The van der Waals surface area contributed by atoms with Gasteiger partial charge in [0, 0.05) is 19.3 Å². The third kappa shape index (κ3) is 6.11. The molecule has 0 saturated carbocycles. The molecule has 17 nitrogen and oxygen atoms in total. The third-order valence-corrected chi connectivity index (χ3v) is 4.54. The standard InChI is InChI=1S/C17H20N8O9/c1-10-12(21-9-20-10)5-3-4-6-19-16(18-2)17(25(32)33)34-15-13(23(28)29)7-11(22(26)27)8-14(15)24(30)31/h7-9,18-19H,3-6H2,1-2H3,(H,20,21)/b17-16-. The number of hydrogen-bond acceptors (Lipinski definition) is 12. The Labute approximate surface area is 190 Å². The first-order valence-corrected chi connectivity index (χ1v) is 9.65. The quantitative estimate of drug-likeness (QED) is 0.162. The molecule has 0 spiro atoms. The number of ether oxygens (including phenoxy) is 1. The van der Waals surface area contributed by atoms with Gasteiger partial charge in [0.15, 0.2) is 0 Å². The van der Waals surface area contributed by atoms with Crippen LogP contribution in [0.1, 0.15) is 24.2 Å². The molecule has 3 N–H and O–H groups in total. The minimum atomic E-state index is -1.18. The highest BCUT2D eigenvalue weighted by atomic mass is 16.7. The van der Waals surface area contributed by atoms with E-state index in [0.717, 1.165) is 11.4 Å². The Morgan fingerprint density at radius 2 is 1.65 bits per heavy atom. The maximum absolute atomic E-state index is 11.6. The van der Waals surface area contributed by atoms with Crippen LogP contribution in [-0.4, -0.2) is 43.3 Å². The van der Waals surface area contributed by atoms with Crippen molar-refractivity contribution in [3.63, 3.8) is 0 Å². The second-order valence-corrected chi connectivity index (χ2v) is 6.73. The summed E-state index contributed by atoms with van der Waals surface area (Å²) in [4.78, 5) is 48.0. The van der Waals surface area contributed by atoms with Gasteiger partial charge in [0.05, 0.1) is 38.9 Å². The zero-order chi connectivity index (χ0) is 25.4. The van der Waals surface area contributed by atoms with Crippen molar-refractivity contribution in [3.05, 3.63) is 82.0 Å². The number of H-pyrrole nitrogens is 1. The van der Waals surface area contributed by atoms with E-state index >= 15 is 0 Å². The molecule has 0 atom stereocenters. The lowest BCUT2D eigenvalue weighted by Crippen LogP contribution is -2.30. The molecule has 0 bridgehead atoms. The van der Waals surface area contributed by atoms with Gasteiger partial charge in [0.2, 0.25) is 5.82 Å². The predicted octanol–water partition coefficient (Wildman–Crippen LogP) is 2.06. The zero-order valence-corrected chi connectivity index (χ0v) is 18.0. The second kappa shape index (κ2) is 11.2. The molecule has 0 unspecified atom stereocenters. The highest BCUT2D eigenvalue weighted by Crippen LogP contribution is 2.41. The fraction of sp³-hybridized carbons (Fsp3) is 0.353. The van der Waals surface area contributed by atoms with Crippen LogP contribution in [0.3, 0.4) is 0 Å². The number of nitrogens with zero attached hydrogens (tertiary/aromatic N) is 5. The fourth-order valence-corrected chi connectivity index (χ4v) is 2.88. The molecule has 34 heavy (non-hydrogen) atoms. The first-order valence-electron chi connectivity index (χ1n) is 9.65. The molecule has 0 radical (unpaired) electrons. The summed E-state index contributed by atoms with van der Waals surface area (Å²) >= 11 is 0. The largest absolute Gasteiger partial charge is 0.474 e. The SMILES string of the molecule is CN/C(NCCCCc1nc[nH]c1C)=C(/Oc1c([N+](=O)[O-])cc([N+](=O)[O-])cc1[N+](=O)[O-])[N+](=O)[O-]. The number of nitrogens with one attached hydrogen (secondary N) is 3. The van der Waals surface area contributed by atoms with Gasteiger partial charge in [-0.25, -0.2) is 4.98 Å². The molecule has 0 aliphatic rings. The average molecular weight is 480 g/mol. The number of imidazole rings is 1. The van der Waals surface area contributed by atoms with Crippen molar-refractivity contribution in [2.75, 3.05) is 13.6 Å². The van der Waals surface area contributed by atoms with E-state index in [-0.39, 0.29) is 12.4 Å². The summed E-state index contributed by atoms with van der Waals surface area (Å²) in [5.41, 5.74) is -1.48. The van der Waals surface area contributed by atoms with Gasteiger partial charge in [-0.1, -0.05) is 0 Å². The van der Waals surface area contributed by atoms with E-state index in [1.54, 1.807) is 6.33 Å². The Hall–Kier alpha value is -4.83. The van der Waals surface area contributed by atoms with Gasteiger partial charge in [-0.15, -0.1) is 0 Å². The molecule has 1 heterocycles. The second-order valence-electron chi connectivity index (χ2n) is 6.73. The number of aromatic nitrogens is 2. The third-order valence-electron chi connectivity index (χ3n) is 4.54. The van der Waals surface area contributed by atoms with Crippen molar-refractivity contribution >= 4 is 17.1 Å². The molecule has 2 aromatic rings. The van der Waals surface area contributed by atoms with Gasteiger partial charge in [0.25, 0.3) is 11.4 Å². The van der Waals surface area contributed by atoms with Crippen LogP contribution in [0, 0.1) is 47.4 Å². The van der Waals surface area contributed by atoms with Crippen LogP contribution in [0.25, 0.3) is 0 Å². The summed E-state index contributed by atoms with van der Waals surface area (Å²) in [6.45, 7) is 2.10. The lowest BCUT2D eigenvalue weighted by molar-refractivity contribution is -0.458. The van der Waals surface area contributed by atoms with Crippen LogP contribution in [0.15, 0.2) is 30.2 Å². The molecule has 0 aliphatic heterocycles. The summed E-state index contributed by atoms with van der Waals surface area (Å²) in [6, 6.07) is 0.840. The molecule has 1 aromatic carbocycles. The summed E-state index contributed by atoms with van der Waals surface area (Å²) in [6.07, 6.45) is 3.47. The zero-order valence-electron chi connectivity index (χ0n) is 18.0. The Kier molecular flexibility index (Phi) is 8.35. The number of benzene rings is 1. The Bertz CT molecular complexity index is 1110. The van der Waals surface area contributed by atoms with Crippen LogP contribution in [0.4, 0.5) is 17.1 Å². The van der Waals surface area contributed by atoms with E-state index in [1.165, 1.54) is 7.05 Å². The summed E-state index contributed by atoms with van der Waals surface area (Å²) in [5, 5.41) is 50.6. The Morgan fingerprint density at radius 1 is 1.03 bits per heavy atom. The number of rotatable bonds is 13. The lowest BCUT2D eigenvalue weighted by atomic mass is 10.1. The molecular formula is C17H20N8O9. The van der Waals surface area contributed by atoms with Crippen LogP contribution in [0.5, 0.6) is 5.75 Å². The van der Waals surface area contributed by atoms with Gasteiger partial charge in [-0.2, -0.15) is 0 Å². The highest BCUT2D eigenvalue weighted by Gasteiger charge is 2.36. The van der Waals surface area contributed by atoms with Gasteiger partial charge in [-0.3, -0.25) is 40.5 Å². The first kappa shape index (κ1) is 25.4. The Morgan fingerprint density at radius 3 is 2.09 bits per heavy atom. The highest BCUT2D eigenvalue weighted by molar-refractivity contribution is 5.66. The van der Waals surface area contributed by atoms with Crippen LogP contribution in [-0.2, 0) is 6.42 Å². The van der Waals surface area contributed by atoms with Crippen molar-refractivity contribution < 1.29 is 24.4 Å². The predicted molar refractivity (Wildman–Crippen MR) is 114 cm³/mol. The van der Waals surface area contributed by atoms with E-state index in [1.807, 2.05) is 6.92 Å².